The summed E-state index contributed by atoms with van der Waals surface area (Å²) in [4.78, 5) is 0. The van der Waals surface area contributed by atoms with Gasteiger partial charge in [-0.15, -0.1) is 0 Å². The number of benzene rings is 1. The highest BCUT2D eigenvalue weighted by Crippen LogP contribution is 2.63. The standard InChI is InChI=1S/C17H21F2N/c18-14-3-1-2-13(15(14)19)16(20)17-7-10-4-11(8-17)6-12(5-10)9-17/h1-3,10-12,16H,4-9,20H2. The van der Waals surface area contributed by atoms with E-state index in [-0.39, 0.29) is 11.5 Å². The maximum Gasteiger partial charge on any atom is 0.163 e. The van der Waals surface area contributed by atoms with Crippen molar-refractivity contribution in [2.24, 2.45) is 28.9 Å². The fourth-order valence-electron chi connectivity index (χ4n) is 5.65. The van der Waals surface area contributed by atoms with Gasteiger partial charge in [-0.1, -0.05) is 12.1 Å². The second kappa shape index (κ2) is 4.27. The van der Waals surface area contributed by atoms with Gasteiger partial charge in [-0.05, 0) is 67.8 Å². The van der Waals surface area contributed by atoms with E-state index in [0.717, 1.165) is 37.0 Å². The molecule has 5 rings (SSSR count). The Balaban J connectivity index is 1.71. The zero-order chi connectivity index (χ0) is 13.9. The van der Waals surface area contributed by atoms with Gasteiger partial charge < -0.3 is 5.73 Å². The summed E-state index contributed by atoms with van der Waals surface area (Å²) in [7, 11) is 0. The molecule has 1 aromatic rings. The Hall–Kier alpha value is -0.960. The average Bonchev–Trinajstić information content (AvgIpc) is 2.39. The smallest absolute Gasteiger partial charge is 0.163 e. The molecule has 0 aromatic heterocycles. The highest BCUT2D eigenvalue weighted by Gasteiger charge is 2.54. The van der Waals surface area contributed by atoms with Crippen molar-refractivity contribution in [3.63, 3.8) is 0 Å². The van der Waals surface area contributed by atoms with Crippen LogP contribution in [0.15, 0.2) is 18.2 Å². The first-order chi connectivity index (χ1) is 9.57. The van der Waals surface area contributed by atoms with Crippen molar-refractivity contribution >= 4 is 0 Å². The normalized spacial score (nSPS) is 40.0. The molecule has 0 amide bonds. The molecule has 0 radical (unpaired) electrons. The Morgan fingerprint density at radius 1 is 1.00 bits per heavy atom. The minimum atomic E-state index is -0.775. The topological polar surface area (TPSA) is 26.0 Å². The second-order valence-electron chi connectivity index (χ2n) is 7.40. The summed E-state index contributed by atoms with van der Waals surface area (Å²) in [5, 5.41) is 0. The molecule has 0 heterocycles. The number of nitrogens with two attached hydrogens (primary N) is 1. The Kier molecular flexibility index (Phi) is 2.72. The van der Waals surface area contributed by atoms with Crippen molar-refractivity contribution in [3.05, 3.63) is 35.4 Å². The van der Waals surface area contributed by atoms with Gasteiger partial charge in [0.15, 0.2) is 11.6 Å². The van der Waals surface area contributed by atoms with Crippen LogP contribution >= 0.6 is 0 Å². The minimum Gasteiger partial charge on any atom is -0.323 e. The van der Waals surface area contributed by atoms with Crippen LogP contribution in [0.4, 0.5) is 8.78 Å². The third-order valence-corrected chi connectivity index (χ3v) is 6.06. The number of hydrogen-bond acceptors (Lipinski definition) is 1. The number of rotatable bonds is 2. The Bertz CT molecular complexity index is 505. The van der Waals surface area contributed by atoms with Gasteiger partial charge in [0.1, 0.15) is 0 Å². The van der Waals surface area contributed by atoms with Crippen molar-refractivity contribution in [1.82, 2.24) is 0 Å². The molecule has 4 aliphatic carbocycles. The van der Waals surface area contributed by atoms with Crippen molar-refractivity contribution in [2.45, 2.75) is 44.6 Å². The van der Waals surface area contributed by atoms with Crippen LogP contribution in [-0.2, 0) is 0 Å². The van der Waals surface area contributed by atoms with Crippen molar-refractivity contribution in [2.75, 3.05) is 0 Å². The van der Waals surface area contributed by atoms with E-state index in [1.165, 1.54) is 25.3 Å². The molecule has 4 aliphatic rings. The molecular weight excluding hydrogens is 256 g/mol. The number of hydrogen-bond donors (Lipinski definition) is 1. The van der Waals surface area contributed by atoms with E-state index in [1.807, 2.05) is 0 Å². The largest absolute Gasteiger partial charge is 0.323 e. The predicted molar refractivity (Wildman–Crippen MR) is 73.9 cm³/mol. The molecular formula is C17H21F2N. The lowest BCUT2D eigenvalue weighted by molar-refractivity contribution is -0.0683. The van der Waals surface area contributed by atoms with Crippen LogP contribution in [0.3, 0.4) is 0 Å². The fraction of sp³-hybridized carbons (Fsp3) is 0.647. The molecule has 0 spiro atoms. The summed E-state index contributed by atoms with van der Waals surface area (Å²) in [6.07, 6.45) is 7.31. The summed E-state index contributed by atoms with van der Waals surface area (Å²) in [5.74, 6) is 0.787. The molecule has 1 unspecified atom stereocenters. The maximum absolute atomic E-state index is 14.1. The molecule has 20 heavy (non-hydrogen) atoms. The summed E-state index contributed by atoms with van der Waals surface area (Å²) in [6, 6.07) is 4.06. The first kappa shape index (κ1) is 12.8. The highest BCUT2D eigenvalue weighted by atomic mass is 19.2. The van der Waals surface area contributed by atoms with Crippen molar-refractivity contribution < 1.29 is 8.78 Å². The van der Waals surface area contributed by atoms with E-state index in [9.17, 15) is 8.78 Å². The van der Waals surface area contributed by atoms with E-state index in [0.29, 0.717) is 5.56 Å². The van der Waals surface area contributed by atoms with Gasteiger partial charge in [0, 0.05) is 11.6 Å². The third-order valence-electron chi connectivity index (χ3n) is 6.06. The Morgan fingerprint density at radius 2 is 1.55 bits per heavy atom. The van der Waals surface area contributed by atoms with Crippen LogP contribution < -0.4 is 5.73 Å². The maximum atomic E-state index is 14.1. The van der Waals surface area contributed by atoms with Crippen LogP contribution in [0.5, 0.6) is 0 Å². The second-order valence-corrected chi connectivity index (χ2v) is 7.40. The van der Waals surface area contributed by atoms with Gasteiger partial charge >= 0.3 is 0 Å². The quantitative estimate of drug-likeness (QED) is 0.862. The molecule has 1 aromatic carbocycles. The molecule has 0 saturated heterocycles. The Morgan fingerprint density at radius 3 is 2.10 bits per heavy atom. The molecule has 0 aliphatic heterocycles. The monoisotopic (exact) mass is 277 g/mol. The summed E-state index contributed by atoms with van der Waals surface area (Å²) < 4.78 is 27.6. The van der Waals surface area contributed by atoms with Crippen LogP contribution in [0.2, 0.25) is 0 Å². The summed E-state index contributed by atoms with van der Waals surface area (Å²) in [5.41, 5.74) is 6.86. The third kappa shape index (κ3) is 1.75. The molecule has 4 fully saturated rings. The Labute approximate surface area is 118 Å². The lowest BCUT2D eigenvalue weighted by Gasteiger charge is -2.59. The van der Waals surface area contributed by atoms with Crippen molar-refractivity contribution in [3.8, 4) is 0 Å². The van der Waals surface area contributed by atoms with E-state index < -0.39 is 11.6 Å². The molecule has 4 bridgehead atoms. The van der Waals surface area contributed by atoms with Gasteiger partial charge in [-0.2, -0.15) is 0 Å². The molecule has 1 nitrogen and oxygen atoms in total. The first-order valence-electron chi connectivity index (χ1n) is 7.77. The minimum absolute atomic E-state index is 0.0172. The fourth-order valence-corrected chi connectivity index (χ4v) is 5.65. The van der Waals surface area contributed by atoms with E-state index in [4.69, 9.17) is 5.73 Å². The highest BCUT2D eigenvalue weighted by molar-refractivity contribution is 5.26. The molecule has 2 N–H and O–H groups in total. The predicted octanol–water partition coefficient (Wildman–Crippen LogP) is 4.18. The lowest BCUT2D eigenvalue weighted by Crippen LogP contribution is -2.51. The first-order valence-corrected chi connectivity index (χ1v) is 7.77. The van der Waals surface area contributed by atoms with Gasteiger partial charge in [-0.3, -0.25) is 0 Å². The van der Waals surface area contributed by atoms with Crippen LogP contribution in [-0.4, -0.2) is 0 Å². The van der Waals surface area contributed by atoms with Gasteiger partial charge in [-0.25, -0.2) is 8.78 Å². The van der Waals surface area contributed by atoms with Crippen LogP contribution in [0.25, 0.3) is 0 Å². The summed E-state index contributed by atoms with van der Waals surface area (Å²) in [6.45, 7) is 0. The van der Waals surface area contributed by atoms with Crippen molar-refractivity contribution in [1.29, 1.82) is 0 Å². The van der Waals surface area contributed by atoms with E-state index in [1.54, 1.807) is 12.1 Å². The van der Waals surface area contributed by atoms with Crippen LogP contribution in [0.1, 0.15) is 50.1 Å². The zero-order valence-electron chi connectivity index (χ0n) is 11.6. The molecule has 3 heteroatoms. The lowest BCUT2D eigenvalue weighted by atomic mass is 9.47. The van der Waals surface area contributed by atoms with E-state index in [2.05, 4.69) is 0 Å². The molecule has 4 saturated carbocycles. The SMILES string of the molecule is NC(c1cccc(F)c1F)C12CC3CC(CC(C3)C1)C2. The van der Waals surface area contributed by atoms with Gasteiger partial charge in [0.05, 0.1) is 0 Å². The van der Waals surface area contributed by atoms with Gasteiger partial charge in [0.2, 0.25) is 0 Å². The van der Waals surface area contributed by atoms with Gasteiger partial charge in [0.25, 0.3) is 0 Å². The molecule has 1 atom stereocenters. The van der Waals surface area contributed by atoms with Crippen LogP contribution in [0, 0.1) is 34.8 Å². The molecule has 108 valence electrons. The van der Waals surface area contributed by atoms with E-state index >= 15 is 0 Å². The number of halogens is 2. The zero-order valence-corrected chi connectivity index (χ0v) is 11.6. The summed E-state index contributed by atoms with van der Waals surface area (Å²) >= 11 is 0. The average molecular weight is 277 g/mol.